The molecule has 0 spiro atoms. The highest BCUT2D eigenvalue weighted by Crippen LogP contribution is 2.18. The number of carbonyl (C=O) groups is 1. The van der Waals surface area contributed by atoms with Crippen molar-refractivity contribution in [2.24, 2.45) is 0 Å². The van der Waals surface area contributed by atoms with E-state index in [0.29, 0.717) is 21.9 Å². The maximum Gasteiger partial charge on any atom is 0.189 e. The van der Waals surface area contributed by atoms with Gasteiger partial charge in [-0.25, -0.2) is 0 Å². The highest BCUT2D eigenvalue weighted by Gasteiger charge is 2.06. The van der Waals surface area contributed by atoms with Crippen LogP contribution >= 0.6 is 11.6 Å². The minimum Gasteiger partial charge on any atom is -0.507 e. The number of rotatable bonds is 4. The number of halogens is 1. The normalized spacial score (nSPS) is 11.2. The van der Waals surface area contributed by atoms with Crippen molar-refractivity contribution in [2.75, 3.05) is 7.11 Å². The number of aliphatic hydroxyl groups is 1. The van der Waals surface area contributed by atoms with Crippen LogP contribution in [0.5, 0.6) is 5.75 Å². The molecule has 0 atom stereocenters. The lowest BCUT2D eigenvalue weighted by atomic mass is 10.1. The second kappa shape index (κ2) is 6.26. The molecule has 4 heteroatoms. The van der Waals surface area contributed by atoms with Crippen LogP contribution in [-0.2, 0) is 0 Å². The number of methoxy groups -OCH3 is 1. The summed E-state index contributed by atoms with van der Waals surface area (Å²) in [6.45, 7) is 0. The summed E-state index contributed by atoms with van der Waals surface area (Å²) in [5.41, 5.74) is 1.02. The van der Waals surface area contributed by atoms with Gasteiger partial charge >= 0.3 is 0 Å². The molecule has 0 heterocycles. The average molecular weight is 289 g/mol. The molecule has 0 aliphatic heterocycles. The second-order valence-corrected chi connectivity index (χ2v) is 4.57. The molecule has 0 fully saturated rings. The van der Waals surface area contributed by atoms with Gasteiger partial charge in [0.25, 0.3) is 0 Å². The Kier molecular flexibility index (Phi) is 4.43. The third-order valence-corrected chi connectivity index (χ3v) is 3.03. The van der Waals surface area contributed by atoms with E-state index >= 15 is 0 Å². The minimum atomic E-state index is -0.282. The molecule has 1 N–H and O–H groups in total. The summed E-state index contributed by atoms with van der Waals surface area (Å²) in [4.78, 5) is 12.0. The Morgan fingerprint density at radius 2 is 1.60 bits per heavy atom. The molecule has 20 heavy (non-hydrogen) atoms. The highest BCUT2D eigenvalue weighted by molar-refractivity contribution is 6.30. The van der Waals surface area contributed by atoms with Crippen LogP contribution in [0.3, 0.4) is 0 Å². The van der Waals surface area contributed by atoms with Crippen molar-refractivity contribution in [3.05, 3.63) is 70.8 Å². The summed E-state index contributed by atoms with van der Waals surface area (Å²) < 4.78 is 5.03. The van der Waals surface area contributed by atoms with E-state index in [2.05, 4.69) is 0 Å². The van der Waals surface area contributed by atoms with Crippen molar-refractivity contribution < 1.29 is 14.6 Å². The Hall–Kier alpha value is -2.26. The standard InChI is InChI=1S/C16H13ClO3/c1-20-14-8-4-12(5-9-14)16(19)10-15(18)11-2-6-13(17)7-3-11/h2-10,19H,1H3. The van der Waals surface area contributed by atoms with Crippen LogP contribution in [0.2, 0.25) is 5.02 Å². The van der Waals surface area contributed by atoms with E-state index in [-0.39, 0.29) is 11.5 Å². The SMILES string of the molecule is COc1ccc(C(O)=CC(=O)c2ccc(Cl)cc2)cc1. The molecule has 2 aromatic rings. The maximum absolute atomic E-state index is 12.0. The smallest absolute Gasteiger partial charge is 0.189 e. The molecule has 0 aliphatic rings. The van der Waals surface area contributed by atoms with Crippen molar-refractivity contribution in [2.45, 2.75) is 0 Å². The van der Waals surface area contributed by atoms with E-state index in [1.165, 1.54) is 6.08 Å². The molecule has 2 aromatic carbocycles. The van der Waals surface area contributed by atoms with Gasteiger partial charge in [-0.15, -0.1) is 0 Å². The number of hydrogen-bond acceptors (Lipinski definition) is 3. The van der Waals surface area contributed by atoms with Crippen molar-refractivity contribution >= 4 is 23.1 Å². The third kappa shape index (κ3) is 3.39. The van der Waals surface area contributed by atoms with Crippen LogP contribution in [0, 0.1) is 0 Å². The zero-order valence-corrected chi connectivity index (χ0v) is 11.6. The first-order valence-corrected chi connectivity index (χ1v) is 6.33. The van der Waals surface area contributed by atoms with E-state index in [1.54, 1.807) is 55.6 Å². The van der Waals surface area contributed by atoms with Crippen molar-refractivity contribution in [3.8, 4) is 5.75 Å². The summed E-state index contributed by atoms with van der Waals surface area (Å²) in [6.07, 6.45) is 1.19. The molecular weight excluding hydrogens is 276 g/mol. The molecule has 2 rings (SSSR count). The van der Waals surface area contributed by atoms with Gasteiger partial charge in [0.2, 0.25) is 0 Å². The van der Waals surface area contributed by atoms with E-state index < -0.39 is 0 Å². The van der Waals surface area contributed by atoms with Crippen LogP contribution in [0.15, 0.2) is 54.6 Å². The molecule has 0 amide bonds. The van der Waals surface area contributed by atoms with Gasteiger partial charge in [0.05, 0.1) is 7.11 Å². The molecule has 0 aliphatic carbocycles. The van der Waals surface area contributed by atoms with E-state index in [4.69, 9.17) is 16.3 Å². The van der Waals surface area contributed by atoms with Gasteiger partial charge in [0.15, 0.2) is 5.78 Å². The lowest BCUT2D eigenvalue weighted by molar-refractivity contribution is 0.104. The third-order valence-electron chi connectivity index (χ3n) is 2.78. The topological polar surface area (TPSA) is 46.5 Å². The lowest BCUT2D eigenvalue weighted by Crippen LogP contribution is -1.96. The molecule has 0 saturated heterocycles. The van der Waals surface area contributed by atoms with Crippen LogP contribution < -0.4 is 4.74 Å². The molecule has 0 radical (unpaired) electrons. The molecule has 3 nitrogen and oxygen atoms in total. The molecule has 0 saturated carbocycles. The van der Waals surface area contributed by atoms with Crippen molar-refractivity contribution in [3.63, 3.8) is 0 Å². The summed E-state index contributed by atoms with van der Waals surface area (Å²) >= 11 is 5.76. The van der Waals surface area contributed by atoms with Crippen LogP contribution in [0.25, 0.3) is 5.76 Å². The van der Waals surface area contributed by atoms with Gasteiger partial charge in [-0.3, -0.25) is 4.79 Å². The van der Waals surface area contributed by atoms with Gasteiger partial charge in [0.1, 0.15) is 11.5 Å². The molecule has 0 bridgehead atoms. The van der Waals surface area contributed by atoms with Crippen molar-refractivity contribution in [1.29, 1.82) is 0 Å². The molecule has 0 unspecified atom stereocenters. The van der Waals surface area contributed by atoms with Gasteiger partial charge in [-0.2, -0.15) is 0 Å². The van der Waals surface area contributed by atoms with Crippen LogP contribution in [-0.4, -0.2) is 18.0 Å². The Balaban J connectivity index is 2.20. The first-order chi connectivity index (χ1) is 9.60. The van der Waals surface area contributed by atoms with Crippen molar-refractivity contribution in [1.82, 2.24) is 0 Å². The minimum absolute atomic E-state index is 0.0902. The predicted molar refractivity (Wildman–Crippen MR) is 79.4 cm³/mol. The zero-order chi connectivity index (χ0) is 14.5. The number of ketones is 1. The van der Waals surface area contributed by atoms with Gasteiger partial charge in [-0.1, -0.05) is 11.6 Å². The monoisotopic (exact) mass is 288 g/mol. The number of allylic oxidation sites excluding steroid dienone is 1. The van der Waals surface area contributed by atoms with E-state index in [1.807, 2.05) is 0 Å². The van der Waals surface area contributed by atoms with Gasteiger partial charge in [0, 0.05) is 22.2 Å². The number of benzene rings is 2. The number of aliphatic hydroxyl groups excluding tert-OH is 1. The fourth-order valence-electron chi connectivity index (χ4n) is 1.67. The fourth-order valence-corrected chi connectivity index (χ4v) is 1.79. The number of ether oxygens (including phenoxy) is 1. The highest BCUT2D eigenvalue weighted by atomic mass is 35.5. The van der Waals surface area contributed by atoms with Crippen LogP contribution in [0.1, 0.15) is 15.9 Å². The lowest BCUT2D eigenvalue weighted by Gasteiger charge is -2.03. The quantitative estimate of drug-likeness (QED) is 0.523. The largest absolute Gasteiger partial charge is 0.507 e. The fraction of sp³-hybridized carbons (Fsp3) is 0.0625. The summed E-state index contributed by atoms with van der Waals surface area (Å²) in [5, 5.41) is 10.5. The Bertz CT molecular complexity index is 628. The summed E-state index contributed by atoms with van der Waals surface area (Å²) in [7, 11) is 1.56. The van der Waals surface area contributed by atoms with Crippen LogP contribution in [0.4, 0.5) is 0 Å². The molecule has 102 valence electrons. The Morgan fingerprint density at radius 3 is 2.15 bits per heavy atom. The predicted octanol–water partition coefficient (Wildman–Crippen LogP) is 4.13. The summed E-state index contributed by atoms with van der Waals surface area (Å²) in [6, 6.07) is 13.3. The second-order valence-electron chi connectivity index (χ2n) is 4.13. The maximum atomic E-state index is 12.0. The summed E-state index contributed by atoms with van der Waals surface area (Å²) in [5.74, 6) is 0.313. The van der Waals surface area contributed by atoms with Gasteiger partial charge in [-0.05, 0) is 48.5 Å². The van der Waals surface area contributed by atoms with E-state index in [9.17, 15) is 9.90 Å². The number of hydrogen-bond donors (Lipinski definition) is 1. The molecular formula is C16H13ClO3. The first-order valence-electron chi connectivity index (χ1n) is 5.95. The average Bonchev–Trinajstić information content (AvgIpc) is 2.48. The van der Waals surface area contributed by atoms with E-state index in [0.717, 1.165) is 0 Å². The Morgan fingerprint density at radius 1 is 1.05 bits per heavy atom. The molecule has 0 aromatic heterocycles. The first kappa shape index (κ1) is 14.2. The zero-order valence-electron chi connectivity index (χ0n) is 10.8. The van der Waals surface area contributed by atoms with Gasteiger partial charge < -0.3 is 9.84 Å². The number of carbonyl (C=O) groups excluding carboxylic acids is 1. The Labute approximate surface area is 122 Å².